The first-order valence-corrected chi connectivity index (χ1v) is 9.14. The molecule has 0 spiro atoms. The van der Waals surface area contributed by atoms with Crippen LogP contribution in [0.1, 0.15) is 23.2 Å². The Morgan fingerprint density at radius 2 is 2.17 bits per heavy atom. The van der Waals surface area contributed by atoms with Crippen LogP contribution >= 0.6 is 0 Å². The van der Waals surface area contributed by atoms with E-state index >= 15 is 0 Å². The van der Waals surface area contributed by atoms with Crippen molar-refractivity contribution in [3.8, 4) is 0 Å². The van der Waals surface area contributed by atoms with Crippen molar-refractivity contribution in [3.63, 3.8) is 0 Å². The number of sulfonamides is 1. The summed E-state index contributed by atoms with van der Waals surface area (Å²) in [7, 11) is -3.82. The first kappa shape index (κ1) is 16.7. The van der Waals surface area contributed by atoms with E-state index < -0.39 is 21.9 Å². The summed E-state index contributed by atoms with van der Waals surface area (Å²) < 4.78 is 40.6. The molecule has 1 saturated heterocycles. The molecule has 1 amide bonds. The minimum Gasteiger partial charge on any atom is -0.367 e. The summed E-state index contributed by atoms with van der Waals surface area (Å²) in [5.41, 5.74) is 0.545. The molecule has 24 heavy (non-hydrogen) atoms. The maximum atomic E-state index is 13.3. The molecule has 1 aliphatic heterocycles. The van der Waals surface area contributed by atoms with Crippen LogP contribution in [0.25, 0.3) is 0 Å². The zero-order valence-electron chi connectivity index (χ0n) is 12.9. The molecule has 0 radical (unpaired) electrons. The van der Waals surface area contributed by atoms with Gasteiger partial charge in [-0.2, -0.15) is 0 Å². The van der Waals surface area contributed by atoms with Gasteiger partial charge in [-0.15, -0.1) is 0 Å². The Balaban J connectivity index is 1.70. The molecule has 1 fully saturated rings. The maximum absolute atomic E-state index is 13.3. The summed E-state index contributed by atoms with van der Waals surface area (Å²) in [4.78, 5) is 16.7. The van der Waals surface area contributed by atoms with Crippen LogP contribution in [0.15, 0.2) is 47.6 Å². The Kier molecular flexibility index (Phi) is 4.68. The largest absolute Gasteiger partial charge is 0.367 e. The summed E-state index contributed by atoms with van der Waals surface area (Å²) in [5.74, 6) is -0.739. The van der Waals surface area contributed by atoms with Gasteiger partial charge in [0.05, 0.1) is 10.5 Å². The van der Waals surface area contributed by atoms with Crippen LogP contribution in [0, 0.1) is 5.82 Å². The number of aromatic amines is 1. The number of benzene rings is 1. The molecule has 1 atom stereocenters. The second-order valence-electron chi connectivity index (χ2n) is 5.77. The van der Waals surface area contributed by atoms with Crippen LogP contribution < -0.4 is 4.72 Å². The van der Waals surface area contributed by atoms with E-state index in [9.17, 15) is 17.6 Å². The Labute approximate surface area is 139 Å². The molecule has 1 aromatic heterocycles. The van der Waals surface area contributed by atoms with Crippen molar-refractivity contribution in [1.29, 1.82) is 0 Å². The highest BCUT2D eigenvalue weighted by molar-refractivity contribution is 7.89. The van der Waals surface area contributed by atoms with E-state index in [0.717, 1.165) is 6.07 Å². The third-order valence-electron chi connectivity index (χ3n) is 3.98. The van der Waals surface area contributed by atoms with Gasteiger partial charge in [0.15, 0.2) is 0 Å². The zero-order chi connectivity index (χ0) is 17.2. The van der Waals surface area contributed by atoms with Crippen LogP contribution in [0.4, 0.5) is 4.39 Å². The Hall–Kier alpha value is -2.19. The van der Waals surface area contributed by atoms with Crippen LogP contribution in [0.2, 0.25) is 0 Å². The first-order valence-electron chi connectivity index (χ1n) is 7.66. The van der Waals surface area contributed by atoms with E-state index in [4.69, 9.17) is 0 Å². The number of hydrogen-bond donors (Lipinski definition) is 2. The SMILES string of the molecule is O=C(c1cc[nH]c1)N1CCCC(NS(=O)(=O)c2cccc(F)c2)C1. The molecule has 1 aromatic carbocycles. The number of aromatic nitrogens is 1. The molecule has 2 N–H and O–H groups in total. The van der Waals surface area contributed by atoms with E-state index in [1.165, 1.54) is 18.2 Å². The number of hydrogen-bond acceptors (Lipinski definition) is 3. The van der Waals surface area contributed by atoms with Gasteiger partial charge in [0.25, 0.3) is 5.91 Å². The van der Waals surface area contributed by atoms with Crippen LogP contribution in [-0.4, -0.2) is 43.3 Å². The normalized spacial score (nSPS) is 18.5. The van der Waals surface area contributed by atoms with Gasteiger partial charge in [-0.3, -0.25) is 4.79 Å². The second kappa shape index (κ2) is 6.74. The molecular formula is C16H18FN3O3S. The molecule has 3 rings (SSSR count). The molecule has 6 nitrogen and oxygen atoms in total. The van der Waals surface area contributed by atoms with Crippen LogP contribution in [0.3, 0.4) is 0 Å². The quantitative estimate of drug-likeness (QED) is 0.880. The monoisotopic (exact) mass is 351 g/mol. The van der Waals surface area contributed by atoms with E-state index in [2.05, 4.69) is 9.71 Å². The highest BCUT2D eigenvalue weighted by atomic mass is 32.2. The van der Waals surface area contributed by atoms with Gasteiger partial charge in [-0.05, 0) is 37.1 Å². The predicted octanol–water partition coefficient (Wildman–Crippen LogP) is 1.74. The number of piperidine rings is 1. The fourth-order valence-electron chi connectivity index (χ4n) is 2.82. The van der Waals surface area contributed by atoms with Gasteiger partial charge in [-0.1, -0.05) is 6.07 Å². The summed E-state index contributed by atoms with van der Waals surface area (Å²) in [6.45, 7) is 0.876. The summed E-state index contributed by atoms with van der Waals surface area (Å²) in [6.07, 6.45) is 4.61. The lowest BCUT2D eigenvalue weighted by Gasteiger charge is -2.32. The molecule has 2 heterocycles. The first-order chi connectivity index (χ1) is 11.5. The van der Waals surface area contributed by atoms with Crippen LogP contribution in [-0.2, 0) is 10.0 Å². The molecule has 128 valence electrons. The van der Waals surface area contributed by atoms with Crippen molar-refractivity contribution in [2.24, 2.45) is 0 Å². The van der Waals surface area contributed by atoms with E-state index in [-0.39, 0.29) is 10.8 Å². The number of likely N-dealkylation sites (tertiary alicyclic amines) is 1. The van der Waals surface area contributed by atoms with Crippen molar-refractivity contribution in [2.45, 2.75) is 23.8 Å². The lowest BCUT2D eigenvalue weighted by atomic mass is 10.1. The molecule has 8 heteroatoms. The number of nitrogens with zero attached hydrogens (tertiary/aromatic N) is 1. The topological polar surface area (TPSA) is 82.3 Å². The van der Waals surface area contributed by atoms with Gasteiger partial charge in [0.1, 0.15) is 5.82 Å². The fraction of sp³-hybridized carbons (Fsp3) is 0.312. The Morgan fingerprint density at radius 1 is 1.33 bits per heavy atom. The third-order valence-corrected chi connectivity index (χ3v) is 5.50. The fourth-order valence-corrected chi connectivity index (χ4v) is 4.11. The van der Waals surface area contributed by atoms with Crippen molar-refractivity contribution in [3.05, 3.63) is 54.1 Å². The smallest absolute Gasteiger partial charge is 0.255 e. The number of halogens is 1. The zero-order valence-corrected chi connectivity index (χ0v) is 13.7. The number of carbonyl (C=O) groups is 1. The van der Waals surface area contributed by atoms with Crippen molar-refractivity contribution in [1.82, 2.24) is 14.6 Å². The molecule has 1 unspecified atom stereocenters. The maximum Gasteiger partial charge on any atom is 0.255 e. The highest BCUT2D eigenvalue weighted by Gasteiger charge is 2.28. The lowest BCUT2D eigenvalue weighted by molar-refractivity contribution is 0.0703. The summed E-state index contributed by atoms with van der Waals surface area (Å²) in [6, 6.07) is 6.16. The Morgan fingerprint density at radius 3 is 2.88 bits per heavy atom. The molecule has 1 aliphatic rings. The second-order valence-corrected chi connectivity index (χ2v) is 7.48. The van der Waals surface area contributed by atoms with Gasteiger partial charge in [0.2, 0.25) is 10.0 Å². The number of carbonyl (C=O) groups excluding carboxylic acids is 1. The van der Waals surface area contributed by atoms with Crippen molar-refractivity contribution in [2.75, 3.05) is 13.1 Å². The summed E-state index contributed by atoms with van der Waals surface area (Å²) >= 11 is 0. The molecule has 0 saturated carbocycles. The van der Waals surface area contributed by atoms with Crippen molar-refractivity contribution >= 4 is 15.9 Å². The molecule has 0 aliphatic carbocycles. The van der Waals surface area contributed by atoms with Gasteiger partial charge in [0, 0.05) is 31.5 Å². The molecule has 2 aromatic rings. The number of amides is 1. The average Bonchev–Trinajstić information content (AvgIpc) is 3.08. The predicted molar refractivity (Wildman–Crippen MR) is 86.4 cm³/mol. The van der Waals surface area contributed by atoms with Crippen molar-refractivity contribution < 1.29 is 17.6 Å². The molecule has 0 bridgehead atoms. The lowest BCUT2D eigenvalue weighted by Crippen LogP contribution is -2.49. The van der Waals surface area contributed by atoms with Crippen LogP contribution in [0.5, 0.6) is 0 Å². The highest BCUT2D eigenvalue weighted by Crippen LogP contribution is 2.17. The van der Waals surface area contributed by atoms with E-state index in [1.54, 1.807) is 23.4 Å². The average molecular weight is 351 g/mol. The van der Waals surface area contributed by atoms with Gasteiger partial charge < -0.3 is 9.88 Å². The van der Waals surface area contributed by atoms with E-state index in [1.807, 2.05) is 0 Å². The number of rotatable bonds is 4. The standard InChI is InChI=1S/C16H18FN3O3S/c17-13-3-1-5-15(9-13)24(22,23)19-14-4-2-8-20(11-14)16(21)12-6-7-18-10-12/h1,3,5-7,9-10,14,18-19H,2,4,8,11H2. The number of nitrogens with one attached hydrogen (secondary N) is 2. The minimum absolute atomic E-state index is 0.114. The Bertz CT molecular complexity index is 821. The molecular weight excluding hydrogens is 333 g/mol. The van der Waals surface area contributed by atoms with Gasteiger partial charge in [-0.25, -0.2) is 17.5 Å². The summed E-state index contributed by atoms with van der Waals surface area (Å²) in [5, 5.41) is 0. The number of H-pyrrole nitrogens is 1. The third kappa shape index (κ3) is 3.65. The van der Waals surface area contributed by atoms with E-state index in [0.29, 0.717) is 31.5 Å². The minimum atomic E-state index is -3.82. The van der Waals surface area contributed by atoms with Gasteiger partial charge >= 0.3 is 0 Å².